The largest absolute Gasteiger partial charge is 0.493 e. The molecule has 1 aliphatic rings. The minimum absolute atomic E-state index is 0.287. The molecule has 10 nitrogen and oxygen atoms in total. The van der Waals surface area contributed by atoms with Crippen LogP contribution in [0.5, 0.6) is 17.2 Å². The molecule has 0 spiro atoms. The van der Waals surface area contributed by atoms with Gasteiger partial charge >= 0.3 is 11.9 Å². The molecule has 3 heterocycles. The second-order valence-corrected chi connectivity index (χ2v) is 10.8. The monoisotopic (exact) mass is 570 g/mol. The molecule has 4 N–H and O–H groups in total. The van der Waals surface area contributed by atoms with Gasteiger partial charge in [0.2, 0.25) is 0 Å². The van der Waals surface area contributed by atoms with Gasteiger partial charge in [-0.1, -0.05) is 6.07 Å². The fourth-order valence-electron chi connectivity index (χ4n) is 5.10. The SMILES string of the molecule is COc1ccc2sc(C3CCN(CC(O)COc4cccc5[nH]ccc45)[C@@H](C)C3)cc2c1OC.O=C(O)C(=O)O. The van der Waals surface area contributed by atoms with Crippen LogP contribution in [0.25, 0.3) is 21.0 Å². The van der Waals surface area contributed by atoms with Crippen molar-refractivity contribution in [3.8, 4) is 17.2 Å². The van der Waals surface area contributed by atoms with Crippen molar-refractivity contribution in [1.29, 1.82) is 0 Å². The highest BCUT2D eigenvalue weighted by Gasteiger charge is 2.29. The number of methoxy groups -OCH3 is 2. The van der Waals surface area contributed by atoms with Gasteiger partial charge in [0.1, 0.15) is 18.5 Å². The average Bonchev–Trinajstić information content (AvgIpc) is 3.60. The van der Waals surface area contributed by atoms with Crippen LogP contribution in [0.2, 0.25) is 0 Å². The number of hydrogen-bond acceptors (Lipinski definition) is 8. The molecular weight excluding hydrogens is 536 g/mol. The van der Waals surface area contributed by atoms with E-state index >= 15 is 0 Å². The van der Waals surface area contributed by atoms with Crippen LogP contribution in [0.1, 0.15) is 30.6 Å². The van der Waals surface area contributed by atoms with Gasteiger partial charge in [-0.15, -0.1) is 11.3 Å². The Bertz CT molecular complexity index is 1450. The van der Waals surface area contributed by atoms with Crippen LogP contribution in [0.4, 0.5) is 0 Å². The normalized spacial score (nSPS) is 18.1. The fraction of sp³-hybridized carbons (Fsp3) is 0.379. The summed E-state index contributed by atoms with van der Waals surface area (Å²) in [6, 6.07) is 14.7. The van der Waals surface area contributed by atoms with E-state index in [-0.39, 0.29) is 6.61 Å². The molecule has 0 amide bonds. The third-order valence-corrected chi connectivity index (χ3v) is 8.35. The predicted molar refractivity (Wildman–Crippen MR) is 153 cm³/mol. The van der Waals surface area contributed by atoms with Crippen LogP contribution >= 0.6 is 11.3 Å². The van der Waals surface area contributed by atoms with E-state index in [1.165, 1.54) is 9.58 Å². The highest BCUT2D eigenvalue weighted by molar-refractivity contribution is 7.19. The van der Waals surface area contributed by atoms with Crippen molar-refractivity contribution in [3.05, 3.63) is 53.5 Å². The molecule has 40 heavy (non-hydrogen) atoms. The van der Waals surface area contributed by atoms with Crippen LogP contribution in [0.15, 0.2) is 48.7 Å². The van der Waals surface area contributed by atoms with Gasteiger partial charge in [0.15, 0.2) is 11.5 Å². The molecule has 2 unspecified atom stereocenters. The Morgan fingerprint density at radius 3 is 2.52 bits per heavy atom. The lowest BCUT2D eigenvalue weighted by atomic mass is 9.90. The Balaban J connectivity index is 0.000000557. The number of hydrogen-bond donors (Lipinski definition) is 4. The number of rotatable bonds is 8. The molecule has 5 rings (SSSR count). The topological polar surface area (TPSA) is 142 Å². The van der Waals surface area contributed by atoms with Crippen LogP contribution < -0.4 is 14.2 Å². The first kappa shape index (κ1) is 29.2. The number of thiophene rings is 1. The van der Waals surface area contributed by atoms with Crippen molar-refractivity contribution in [2.75, 3.05) is 33.9 Å². The van der Waals surface area contributed by atoms with Gasteiger partial charge in [-0.25, -0.2) is 9.59 Å². The van der Waals surface area contributed by atoms with Crippen molar-refractivity contribution >= 4 is 44.3 Å². The molecule has 4 aromatic rings. The molecule has 1 saturated heterocycles. The Morgan fingerprint density at radius 2 is 1.85 bits per heavy atom. The number of aliphatic carboxylic acids is 2. The number of aromatic nitrogens is 1. The van der Waals surface area contributed by atoms with Crippen molar-refractivity contribution in [2.45, 2.75) is 37.8 Å². The van der Waals surface area contributed by atoms with Gasteiger partial charge in [0.25, 0.3) is 0 Å². The lowest BCUT2D eigenvalue weighted by molar-refractivity contribution is -0.159. The van der Waals surface area contributed by atoms with E-state index in [0.29, 0.717) is 18.5 Å². The van der Waals surface area contributed by atoms with Crippen molar-refractivity contribution < 1.29 is 39.1 Å². The maximum Gasteiger partial charge on any atom is 0.414 e. The van der Waals surface area contributed by atoms with Gasteiger partial charge in [0.05, 0.1) is 14.2 Å². The highest BCUT2D eigenvalue weighted by atomic mass is 32.1. The fourth-order valence-corrected chi connectivity index (χ4v) is 6.31. The number of benzene rings is 2. The average molecular weight is 571 g/mol. The van der Waals surface area contributed by atoms with E-state index in [4.69, 9.17) is 34.0 Å². The zero-order valence-electron chi connectivity index (χ0n) is 22.6. The number of piperidine rings is 1. The summed E-state index contributed by atoms with van der Waals surface area (Å²) in [5.74, 6) is -0.747. The number of aliphatic hydroxyl groups excluding tert-OH is 1. The lowest BCUT2D eigenvalue weighted by Crippen LogP contribution is -2.45. The third-order valence-electron chi connectivity index (χ3n) is 7.09. The standard InChI is InChI=1S/C27H32N2O4S.C2H2O4/c1-17-13-18(26-14-21-25(34-26)8-7-24(31-2)27(21)32-3)10-12-29(17)15-19(30)16-33-23-6-4-5-22-20(23)9-11-28-22;3-1(4)2(5)6/h4-9,11,14,17-19,28,30H,10,12-13,15-16H2,1-3H3;(H,3,4)(H,5,6)/t17-,18?,19?;/m0./s1. The van der Waals surface area contributed by atoms with E-state index in [1.807, 2.05) is 47.9 Å². The first-order chi connectivity index (χ1) is 19.2. The van der Waals surface area contributed by atoms with Gasteiger partial charge in [-0.3, -0.25) is 4.90 Å². The molecule has 0 bridgehead atoms. The molecule has 3 atom stereocenters. The third kappa shape index (κ3) is 6.67. The lowest BCUT2D eigenvalue weighted by Gasteiger charge is -2.38. The summed E-state index contributed by atoms with van der Waals surface area (Å²) < 4.78 is 18.3. The zero-order valence-corrected chi connectivity index (χ0v) is 23.4. The van der Waals surface area contributed by atoms with Crippen LogP contribution in [0.3, 0.4) is 0 Å². The smallest absolute Gasteiger partial charge is 0.414 e. The van der Waals surface area contributed by atoms with E-state index in [0.717, 1.165) is 52.9 Å². The minimum Gasteiger partial charge on any atom is -0.493 e. The summed E-state index contributed by atoms with van der Waals surface area (Å²) in [4.78, 5) is 25.2. The summed E-state index contributed by atoms with van der Waals surface area (Å²) in [5, 5.41) is 27.6. The summed E-state index contributed by atoms with van der Waals surface area (Å²) in [6.45, 7) is 4.13. The van der Waals surface area contributed by atoms with Crippen LogP contribution in [-0.4, -0.2) is 83.2 Å². The number of ether oxygens (including phenoxy) is 3. The van der Waals surface area contributed by atoms with E-state index in [2.05, 4.69) is 28.9 Å². The number of carbonyl (C=O) groups is 2. The number of fused-ring (bicyclic) bond motifs is 2. The number of H-pyrrole nitrogens is 1. The number of nitrogens with zero attached hydrogens (tertiary/aromatic N) is 1. The Morgan fingerprint density at radius 1 is 1.07 bits per heavy atom. The molecule has 11 heteroatoms. The van der Waals surface area contributed by atoms with E-state index in [1.54, 1.807) is 14.2 Å². The van der Waals surface area contributed by atoms with Crippen molar-refractivity contribution in [2.24, 2.45) is 0 Å². The van der Waals surface area contributed by atoms with Gasteiger partial charge in [-0.05, 0) is 68.6 Å². The molecule has 1 fully saturated rings. The first-order valence-corrected chi connectivity index (χ1v) is 13.7. The minimum atomic E-state index is -1.82. The molecule has 0 saturated carbocycles. The predicted octanol–water partition coefficient (Wildman–Crippen LogP) is 4.56. The van der Waals surface area contributed by atoms with Gasteiger partial charge in [-0.2, -0.15) is 0 Å². The van der Waals surface area contributed by atoms with Crippen molar-refractivity contribution in [3.63, 3.8) is 0 Å². The summed E-state index contributed by atoms with van der Waals surface area (Å²) >= 11 is 1.85. The van der Waals surface area contributed by atoms with E-state index < -0.39 is 18.0 Å². The molecule has 2 aromatic carbocycles. The molecule has 1 aliphatic heterocycles. The number of aliphatic hydroxyl groups is 1. The second-order valence-electron chi connectivity index (χ2n) is 9.70. The summed E-state index contributed by atoms with van der Waals surface area (Å²) in [5.41, 5.74) is 1.04. The maximum absolute atomic E-state index is 10.7. The highest BCUT2D eigenvalue weighted by Crippen LogP contribution is 2.44. The quantitative estimate of drug-likeness (QED) is 0.224. The maximum atomic E-state index is 10.7. The summed E-state index contributed by atoms with van der Waals surface area (Å²) in [7, 11) is 3.37. The number of β-amino-alcohol motifs (C(OH)–C–C–N with tert-alkyl or cyclic N) is 1. The Kier molecular flexibility index (Phi) is 9.51. The Hall–Kier alpha value is -3.80. The molecule has 0 radical (unpaired) electrons. The molecule has 0 aliphatic carbocycles. The zero-order chi connectivity index (χ0) is 28.8. The number of nitrogens with one attached hydrogen (secondary N) is 1. The molecular formula is C29H34N2O8S. The second kappa shape index (κ2) is 13.0. The van der Waals surface area contributed by atoms with Gasteiger partial charge < -0.3 is 34.5 Å². The molecule has 214 valence electrons. The van der Waals surface area contributed by atoms with Crippen molar-refractivity contribution in [1.82, 2.24) is 9.88 Å². The number of carboxylic acid groups (broad SMARTS) is 2. The number of likely N-dealkylation sites (tertiary alicyclic amines) is 1. The van der Waals surface area contributed by atoms with Crippen LogP contribution in [0, 0.1) is 0 Å². The number of carboxylic acids is 2. The van der Waals surface area contributed by atoms with Gasteiger partial charge in [0, 0.05) is 44.6 Å². The number of aromatic amines is 1. The van der Waals surface area contributed by atoms with Crippen LogP contribution in [-0.2, 0) is 9.59 Å². The summed E-state index contributed by atoms with van der Waals surface area (Å²) in [6.07, 6.45) is 3.52. The first-order valence-electron chi connectivity index (χ1n) is 12.9. The molecule has 2 aromatic heterocycles. The Labute approximate surface area is 235 Å². The van der Waals surface area contributed by atoms with E-state index in [9.17, 15) is 5.11 Å².